The number of aliphatic carboxylic acids is 2. The van der Waals surface area contributed by atoms with E-state index in [9.17, 15) is 24.6 Å². The molecular weight excluding hydrogens is 659 g/mol. The number of carboxylic acid groups (broad SMARTS) is 2. The normalized spacial score (nSPS) is 34.0. The molecule has 0 spiro atoms. The van der Waals surface area contributed by atoms with Crippen LogP contribution in [0.15, 0.2) is 0 Å². The topological polar surface area (TPSA) is 159 Å². The molecule has 0 radical (unpaired) electrons. The van der Waals surface area contributed by atoms with Gasteiger partial charge in [-0.15, -0.1) is 0 Å². The number of ether oxygens (including phenoxy) is 1. The first-order valence-electron chi connectivity index (χ1n) is 19.2. The third-order valence-electron chi connectivity index (χ3n) is 13.3. The number of nitrogens with two attached hydrogens (primary N) is 1. The van der Waals surface area contributed by atoms with Gasteiger partial charge >= 0.3 is 6.09 Å². The molecule has 0 aromatic rings. The summed E-state index contributed by atoms with van der Waals surface area (Å²) in [6.07, 6.45) is 15.8. The van der Waals surface area contributed by atoms with Gasteiger partial charge in [0.15, 0.2) is 0 Å². The predicted molar refractivity (Wildman–Crippen MR) is 194 cm³/mol. The van der Waals surface area contributed by atoms with E-state index in [4.69, 9.17) is 10.5 Å². The highest BCUT2D eigenvalue weighted by molar-refractivity contribution is 8.77. The summed E-state index contributed by atoms with van der Waals surface area (Å²) in [5, 5.41) is 23.4. The summed E-state index contributed by atoms with van der Waals surface area (Å²) in [7, 11) is 2.24. The summed E-state index contributed by atoms with van der Waals surface area (Å²) in [6.45, 7) is 13.4. The lowest BCUT2D eigenvalue weighted by atomic mass is 9.44. The predicted octanol–water partition coefficient (Wildman–Crippen LogP) is 4.06. The van der Waals surface area contributed by atoms with Crippen LogP contribution in [0, 0.1) is 52.3 Å². The first-order valence-corrected chi connectivity index (χ1v) is 21.6. The molecule has 10 unspecified atom stereocenters. The fourth-order valence-corrected chi connectivity index (χ4v) is 13.2. The molecule has 4 N–H and O–H groups in total. The zero-order valence-electron chi connectivity index (χ0n) is 30.8. The SMILES string of the molecule is CC(C)CCCC(C)C1CCC2C3CCC4CC(OC(=O)NCC[NH+]=C(N)CCCSSC(CC(=O)[O-])C(=O)[O-])CCC4(C)C3CCC12C. The molecule has 49 heavy (non-hydrogen) atoms. The summed E-state index contributed by atoms with van der Waals surface area (Å²) < 4.78 is 5.95. The Balaban J connectivity index is 1.15. The summed E-state index contributed by atoms with van der Waals surface area (Å²) in [6, 6.07) is 0. The summed E-state index contributed by atoms with van der Waals surface area (Å²) in [5.41, 5.74) is 6.93. The molecule has 4 aliphatic carbocycles. The maximum absolute atomic E-state index is 12.7. The Morgan fingerprint density at radius 1 is 0.959 bits per heavy atom. The van der Waals surface area contributed by atoms with Crippen molar-refractivity contribution >= 4 is 45.5 Å². The van der Waals surface area contributed by atoms with Crippen LogP contribution < -0.4 is 26.3 Å². The second-order valence-corrected chi connectivity index (χ2v) is 19.5. The van der Waals surface area contributed by atoms with Gasteiger partial charge in [0, 0.05) is 24.6 Å². The van der Waals surface area contributed by atoms with E-state index in [0.717, 1.165) is 65.6 Å². The molecule has 4 fully saturated rings. The first-order chi connectivity index (χ1) is 23.2. The van der Waals surface area contributed by atoms with Gasteiger partial charge in [-0.2, -0.15) is 0 Å². The number of rotatable bonds is 18. The van der Waals surface area contributed by atoms with Gasteiger partial charge in [0.2, 0.25) is 5.84 Å². The van der Waals surface area contributed by atoms with Gasteiger partial charge in [0.05, 0.1) is 17.8 Å². The number of carboxylic acids is 2. The maximum Gasteiger partial charge on any atom is 0.407 e. The highest BCUT2D eigenvalue weighted by atomic mass is 33.1. The minimum atomic E-state index is -1.41. The number of amidine groups is 1. The molecule has 9 nitrogen and oxygen atoms in total. The number of carbonyl (C=O) groups excluding carboxylic acids is 3. The molecule has 280 valence electrons. The van der Waals surface area contributed by atoms with Crippen LogP contribution in [-0.4, -0.2) is 54.1 Å². The van der Waals surface area contributed by atoms with Gasteiger partial charge in [-0.25, -0.2) is 4.79 Å². The Morgan fingerprint density at radius 3 is 2.41 bits per heavy atom. The number of nitrogens with one attached hydrogen (secondary N) is 2. The number of hydrogen-bond donors (Lipinski definition) is 3. The highest BCUT2D eigenvalue weighted by Crippen LogP contribution is 2.68. The Bertz CT molecular complexity index is 1150. The molecule has 0 aromatic heterocycles. The van der Waals surface area contributed by atoms with Gasteiger partial charge in [0.25, 0.3) is 0 Å². The Kier molecular flexibility index (Phi) is 14.9. The summed E-state index contributed by atoms with van der Waals surface area (Å²) >= 11 is 0. The Morgan fingerprint density at radius 2 is 1.69 bits per heavy atom. The number of carbonyl (C=O) groups is 3. The van der Waals surface area contributed by atoms with E-state index in [-0.39, 0.29) is 12.2 Å². The van der Waals surface area contributed by atoms with Gasteiger partial charge in [-0.1, -0.05) is 75.5 Å². The standard InChI is InChI=1S/C38H65N3O6S2/c1-24(2)8-6-9-25(3)29-13-14-30-28-12-11-26-22-27(15-17-37(26,4)31(28)16-18-38(29,30)5)47-36(46)41-20-19-40-33(39)10-7-21-48-49-32(35(44)45)23-34(42)43/h24-32H,6-23H2,1-5H3,(H2,39,40)(H,41,46)(H,42,43)(H,44,45)/p-1. The van der Waals surface area contributed by atoms with Crippen molar-refractivity contribution in [2.75, 3.05) is 18.8 Å². The van der Waals surface area contributed by atoms with Crippen molar-refractivity contribution in [1.29, 1.82) is 0 Å². The molecule has 1 amide bonds. The molecule has 4 saturated carbocycles. The average molecular weight is 723 g/mol. The zero-order chi connectivity index (χ0) is 35.8. The largest absolute Gasteiger partial charge is 0.550 e. The van der Waals surface area contributed by atoms with Crippen LogP contribution in [0.3, 0.4) is 0 Å². The molecule has 0 aromatic carbocycles. The summed E-state index contributed by atoms with van der Waals surface area (Å²) in [5.74, 6) is 4.11. The molecule has 0 bridgehead atoms. The quantitative estimate of drug-likeness (QED) is 0.0821. The van der Waals surface area contributed by atoms with Crippen molar-refractivity contribution in [3.05, 3.63) is 0 Å². The van der Waals surface area contributed by atoms with Crippen LogP contribution in [0.2, 0.25) is 0 Å². The van der Waals surface area contributed by atoms with Crippen LogP contribution in [0.25, 0.3) is 0 Å². The Labute approximate surface area is 303 Å². The van der Waals surface area contributed by atoms with Crippen LogP contribution >= 0.6 is 21.6 Å². The second kappa shape index (κ2) is 18.2. The third kappa shape index (κ3) is 10.5. The average Bonchev–Trinajstić information content (AvgIpc) is 3.39. The van der Waals surface area contributed by atoms with E-state index in [1.165, 1.54) is 68.6 Å². The molecule has 4 rings (SSSR count). The monoisotopic (exact) mass is 722 g/mol. The van der Waals surface area contributed by atoms with Crippen molar-refractivity contribution < 1.29 is 34.3 Å². The smallest absolute Gasteiger partial charge is 0.407 e. The van der Waals surface area contributed by atoms with E-state index < -0.39 is 23.6 Å². The van der Waals surface area contributed by atoms with Crippen LogP contribution in [-0.2, 0) is 14.3 Å². The lowest BCUT2D eigenvalue weighted by Crippen LogP contribution is -2.77. The molecular formula is C38H64N3O6S2-. The second-order valence-electron chi connectivity index (χ2n) is 16.8. The third-order valence-corrected chi connectivity index (χ3v) is 16.1. The summed E-state index contributed by atoms with van der Waals surface area (Å²) in [4.78, 5) is 37.5. The molecule has 4 aliphatic rings. The van der Waals surface area contributed by atoms with E-state index in [1.807, 2.05) is 0 Å². The van der Waals surface area contributed by atoms with Crippen molar-refractivity contribution in [1.82, 2.24) is 5.32 Å². The van der Waals surface area contributed by atoms with Gasteiger partial charge in [0.1, 0.15) is 12.6 Å². The molecule has 0 heterocycles. The van der Waals surface area contributed by atoms with Gasteiger partial charge < -0.3 is 29.9 Å². The fourth-order valence-electron chi connectivity index (χ4n) is 10.8. The molecule has 10 atom stereocenters. The first kappa shape index (κ1) is 40.2. The van der Waals surface area contributed by atoms with Crippen LogP contribution in [0.1, 0.15) is 131 Å². The van der Waals surface area contributed by atoms with E-state index in [2.05, 4.69) is 44.9 Å². The molecule has 0 aliphatic heterocycles. The van der Waals surface area contributed by atoms with Crippen LogP contribution in [0.5, 0.6) is 0 Å². The van der Waals surface area contributed by atoms with Crippen molar-refractivity contribution in [2.45, 2.75) is 142 Å². The van der Waals surface area contributed by atoms with Gasteiger partial charge in [-0.3, -0.25) is 10.7 Å². The van der Waals surface area contributed by atoms with E-state index in [1.54, 1.807) is 0 Å². The van der Waals surface area contributed by atoms with Crippen LogP contribution in [0.4, 0.5) is 4.79 Å². The minimum Gasteiger partial charge on any atom is -0.550 e. The molecule has 0 saturated heterocycles. The van der Waals surface area contributed by atoms with E-state index in [0.29, 0.717) is 54.3 Å². The lowest BCUT2D eigenvalue weighted by molar-refractivity contribution is -0.457. The maximum atomic E-state index is 12.7. The number of fused-ring (bicyclic) bond motifs is 5. The number of alkyl carbamates (subject to hydrolysis) is 1. The van der Waals surface area contributed by atoms with Crippen molar-refractivity contribution in [3.8, 4) is 0 Å². The highest BCUT2D eigenvalue weighted by Gasteiger charge is 2.60. The van der Waals surface area contributed by atoms with E-state index >= 15 is 0 Å². The molecule has 11 heteroatoms. The van der Waals surface area contributed by atoms with Gasteiger partial charge in [-0.05, 0) is 116 Å². The lowest BCUT2D eigenvalue weighted by Gasteiger charge is -2.61. The van der Waals surface area contributed by atoms with Crippen molar-refractivity contribution in [2.24, 2.45) is 58.0 Å². The zero-order valence-corrected chi connectivity index (χ0v) is 32.4. The number of amides is 1. The Hall–Kier alpha value is -1.62. The number of hydrogen-bond acceptors (Lipinski definition) is 8. The minimum absolute atomic E-state index is 0.0192. The fraction of sp³-hybridized carbons (Fsp3) is 0.895. The van der Waals surface area contributed by atoms with Crippen molar-refractivity contribution in [3.63, 3.8) is 0 Å².